The molecule has 1 fully saturated rings. The molecule has 1 aliphatic heterocycles. The molecule has 0 radical (unpaired) electrons. The van der Waals surface area contributed by atoms with Crippen molar-refractivity contribution in [3.8, 4) is 0 Å². The van der Waals surface area contributed by atoms with Crippen molar-refractivity contribution in [2.24, 2.45) is 5.92 Å². The van der Waals surface area contributed by atoms with Crippen LogP contribution in [0.5, 0.6) is 0 Å². The molecule has 3 atom stereocenters. The van der Waals surface area contributed by atoms with Crippen LogP contribution in [0.25, 0.3) is 0 Å². The third-order valence-electron chi connectivity index (χ3n) is 1.74. The predicted molar refractivity (Wildman–Crippen MR) is 51.8 cm³/mol. The molecule has 0 N–H and O–H groups in total. The van der Waals surface area contributed by atoms with E-state index >= 15 is 0 Å². The van der Waals surface area contributed by atoms with Crippen molar-refractivity contribution < 1.29 is 0 Å². The number of hydrogen-bond donors (Lipinski definition) is 2. The van der Waals surface area contributed by atoms with Crippen LogP contribution in [0.1, 0.15) is 13.3 Å². The fourth-order valence-corrected chi connectivity index (χ4v) is 3.30. The van der Waals surface area contributed by atoms with Gasteiger partial charge in [0.1, 0.15) is 0 Å². The maximum absolute atomic E-state index is 4.45. The Morgan fingerprint density at radius 3 is 2.56 bits per heavy atom. The van der Waals surface area contributed by atoms with E-state index < -0.39 is 0 Å². The average Bonchev–Trinajstić information content (AvgIpc) is 1.84. The van der Waals surface area contributed by atoms with Crippen molar-refractivity contribution in [1.29, 1.82) is 0 Å². The first kappa shape index (κ1) is 8.15. The molecule has 0 spiro atoms. The molecule has 0 aromatic heterocycles. The van der Waals surface area contributed by atoms with Crippen molar-refractivity contribution in [2.45, 2.75) is 23.2 Å². The Hall–Kier alpha value is 1.05. The second kappa shape index (κ2) is 3.44. The molecule has 0 aromatic carbocycles. The third-order valence-corrected chi connectivity index (χ3v) is 4.58. The molecule has 3 unspecified atom stereocenters. The lowest BCUT2D eigenvalue weighted by molar-refractivity contribution is 0.570. The van der Waals surface area contributed by atoms with E-state index in [1.54, 1.807) is 0 Å². The van der Waals surface area contributed by atoms with Gasteiger partial charge in [-0.2, -0.15) is 25.3 Å². The van der Waals surface area contributed by atoms with Crippen molar-refractivity contribution in [3.63, 3.8) is 0 Å². The Labute approximate surface area is 72.0 Å². The molecule has 0 nitrogen and oxygen atoms in total. The Balaban J connectivity index is 2.25. The summed E-state index contributed by atoms with van der Waals surface area (Å²) in [6.45, 7) is 2.18. The summed E-state index contributed by atoms with van der Waals surface area (Å²) in [6.07, 6.45) is 1.17. The van der Waals surface area contributed by atoms with E-state index in [-0.39, 0.29) is 0 Å². The lowest BCUT2D eigenvalue weighted by Crippen LogP contribution is -2.33. The minimum Gasteiger partial charge on any atom is -0.176 e. The number of hydrogen-bond acceptors (Lipinski definition) is 3. The van der Waals surface area contributed by atoms with Gasteiger partial charge < -0.3 is 0 Å². The quantitative estimate of drug-likeness (QED) is 0.615. The van der Waals surface area contributed by atoms with Gasteiger partial charge in [-0.15, -0.1) is 11.8 Å². The zero-order valence-electron chi connectivity index (χ0n) is 5.45. The molecule has 0 saturated carbocycles. The van der Waals surface area contributed by atoms with Gasteiger partial charge in [-0.25, -0.2) is 0 Å². The normalized spacial score (nSPS) is 37.7. The van der Waals surface area contributed by atoms with Crippen LogP contribution in [0.15, 0.2) is 0 Å². The highest BCUT2D eigenvalue weighted by molar-refractivity contribution is 8.11. The molecule has 1 aliphatic rings. The van der Waals surface area contributed by atoms with Gasteiger partial charge in [-0.1, -0.05) is 6.92 Å². The predicted octanol–water partition coefficient (Wildman–Crippen LogP) is 2.31. The SMILES string of the molecule is CCC(S)C1CSC1S. The molecule has 3 heteroatoms. The van der Waals surface area contributed by atoms with E-state index in [1.165, 1.54) is 12.2 Å². The van der Waals surface area contributed by atoms with Crippen LogP contribution in [0, 0.1) is 5.92 Å². The van der Waals surface area contributed by atoms with Gasteiger partial charge in [-0.3, -0.25) is 0 Å². The summed E-state index contributed by atoms with van der Waals surface area (Å²) in [4.78, 5) is 0. The number of thioether (sulfide) groups is 1. The van der Waals surface area contributed by atoms with E-state index in [9.17, 15) is 0 Å². The maximum atomic E-state index is 4.45. The van der Waals surface area contributed by atoms with Gasteiger partial charge in [0, 0.05) is 16.9 Å². The van der Waals surface area contributed by atoms with Gasteiger partial charge in [0.15, 0.2) is 0 Å². The second-order valence-electron chi connectivity index (χ2n) is 2.36. The van der Waals surface area contributed by atoms with Crippen molar-refractivity contribution in [1.82, 2.24) is 0 Å². The summed E-state index contributed by atoms with van der Waals surface area (Å²) in [7, 11) is 0. The standard InChI is InChI=1S/C6H12S3/c1-2-5(7)4-3-9-6(4)8/h4-8H,2-3H2,1H3. The maximum Gasteiger partial charge on any atom is 0.0519 e. The highest BCUT2D eigenvalue weighted by atomic mass is 32.2. The van der Waals surface area contributed by atoms with Crippen LogP contribution < -0.4 is 0 Å². The summed E-state index contributed by atoms with van der Waals surface area (Å²) >= 11 is 10.8. The lowest BCUT2D eigenvalue weighted by atomic mass is 10.1. The number of rotatable bonds is 2. The smallest absolute Gasteiger partial charge is 0.0519 e. The minimum absolute atomic E-state index is 0.562. The number of thiol groups is 2. The van der Waals surface area contributed by atoms with Crippen LogP contribution in [-0.2, 0) is 0 Å². The molecule has 0 aliphatic carbocycles. The van der Waals surface area contributed by atoms with E-state index in [0.717, 1.165) is 5.92 Å². The molecule has 0 bridgehead atoms. The molecule has 9 heavy (non-hydrogen) atoms. The summed E-state index contributed by atoms with van der Waals surface area (Å²) in [5.41, 5.74) is 0. The Morgan fingerprint density at radius 1 is 1.78 bits per heavy atom. The molecule has 0 amide bonds. The van der Waals surface area contributed by atoms with Gasteiger partial charge in [0.05, 0.1) is 4.58 Å². The fraction of sp³-hybridized carbons (Fsp3) is 1.00. The largest absolute Gasteiger partial charge is 0.176 e. The third kappa shape index (κ3) is 1.75. The molecule has 1 heterocycles. The summed E-state index contributed by atoms with van der Waals surface area (Å²) in [5, 5.41) is 0.578. The van der Waals surface area contributed by atoms with E-state index in [1.807, 2.05) is 11.8 Å². The average molecular weight is 180 g/mol. The van der Waals surface area contributed by atoms with Crippen molar-refractivity contribution in [3.05, 3.63) is 0 Å². The summed E-state index contributed by atoms with van der Waals surface area (Å²) in [5.74, 6) is 2.02. The minimum atomic E-state index is 0.562. The first-order chi connectivity index (χ1) is 4.25. The zero-order valence-corrected chi connectivity index (χ0v) is 8.05. The monoisotopic (exact) mass is 180 g/mol. The molecular weight excluding hydrogens is 168 g/mol. The van der Waals surface area contributed by atoms with Crippen molar-refractivity contribution >= 4 is 37.0 Å². The fourth-order valence-electron chi connectivity index (χ4n) is 0.897. The van der Waals surface area contributed by atoms with Crippen molar-refractivity contribution in [2.75, 3.05) is 5.75 Å². The van der Waals surface area contributed by atoms with E-state index in [2.05, 4.69) is 32.2 Å². The molecule has 54 valence electrons. The summed E-state index contributed by atoms with van der Waals surface area (Å²) in [6, 6.07) is 0. The molecular formula is C6H12S3. The highest BCUT2D eigenvalue weighted by Crippen LogP contribution is 2.41. The Morgan fingerprint density at radius 2 is 2.44 bits per heavy atom. The first-order valence-corrected chi connectivity index (χ1v) is 5.31. The topological polar surface area (TPSA) is 0 Å². The first-order valence-electron chi connectivity index (χ1n) is 3.23. The van der Waals surface area contributed by atoms with Crippen LogP contribution >= 0.6 is 37.0 Å². The van der Waals surface area contributed by atoms with Gasteiger partial charge in [-0.05, 0) is 6.42 Å². The Kier molecular flexibility index (Phi) is 3.12. The van der Waals surface area contributed by atoms with Crippen LogP contribution in [0.2, 0.25) is 0 Å². The molecule has 1 rings (SSSR count). The van der Waals surface area contributed by atoms with E-state index in [4.69, 9.17) is 0 Å². The van der Waals surface area contributed by atoms with Gasteiger partial charge >= 0.3 is 0 Å². The van der Waals surface area contributed by atoms with Gasteiger partial charge in [0.25, 0.3) is 0 Å². The zero-order chi connectivity index (χ0) is 6.85. The molecule has 1 saturated heterocycles. The second-order valence-corrected chi connectivity index (χ2v) is 5.11. The summed E-state index contributed by atoms with van der Waals surface area (Å²) < 4.78 is 0.562. The van der Waals surface area contributed by atoms with Gasteiger partial charge in [0.2, 0.25) is 0 Å². The lowest BCUT2D eigenvalue weighted by Gasteiger charge is -2.35. The Bertz CT molecular complexity index is 94.3. The highest BCUT2D eigenvalue weighted by Gasteiger charge is 2.32. The van der Waals surface area contributed by atoms with E-state index in [0.29, 0.717) is 9.83 Å². The molecule has 0 aromatic rings. The van der Waals surface area contributed by atoms with Crippen LogP contribution in [-0.4, -0.2) is 15.6 Å². The van der Waals surface area contributed by atoms with Crippen LogP contribution in [0.3, 0.4) is 0 Å². The van der Waals surface area contributed by atoms with Crippen LogP contribution in [0.4, 0.5) is 0 Å².